The molecule has 2 N–H and O–H groups in total. The van der Waals surface area contributed by atoms with Gasteiger partial charge in [0.1, 0.15) is 5.75 Å². The number of hydrogen-bond acceptors (Lipinski definition) is 2. The van der Waals surface area contributed by atoms with Gasteiger partial charge in [-0.05, 0) is 23.8 Å². The number of anilines is 1. The molecule has 0 aliphatic rings. The molecule has 1 amide bonds. The van der Waals surface area contributed by atoms with Crippen molar-refractivity contribution >= 4 is 11.6 Å². The summed E-state index contributed by atoms with van der Waals surface area (Å²) < 4.78 is 38.4. The molecule has 0 bridgehead atoms. The number of benzene rings is 2. The van der Waals surface area contributed by atoms with Crippen LogP contribution in [0, 0.1) is 0 Å². The first-order valence-corrected chi connectivity index (χ1v) is 6.10. The number of halogens is 3. The van der Waals surface area contributed by atoms with Crippen molar-refractivity contribution < 1.29 is 23.1 Å². The Bertz CT molecular complexity index is 653. The van der Waals surface area contributed by atoms with Gasteiger partial charge in [0, 0.05) is 11.8 Å². The molecule has 0 radical (unpaired) electrons. The summed E-state index contributed by atoms with van der Waals surface area (Å²) in [5.74, 6) is -0.624. The molecule has 0 aromatic heterocycles. The zero-order valence-electron chi connectivity index (χ0n) is 10.8. The number of rotatable bonds is 3. The van der Waals surface area contributed by atoms with Gasteiger partial charge in [0.15, 0.2) is 0 Å². The number of hydrogen-bond donors (Lipinski definition) is 2. The van der Waals surface area contributed by atoms with Gasteiger partial charge in [-0.3, -0.25) is 4.79 Å². The van der Waals surface area contributed by atoms with Gasteiger partial charge in [-0.15, -0.1) is 0 Å². The summed E-state index contributed by atoms with van der Waals surface area (Å²) in [5, 5.41) is 11.7. The molecule has 0 saturated carbocycles. The molecule has 110 valence electrons. The lowest BCUT2D eigenvalue weighted by Crippen LogP contribution is -2.17. The number of phenolic OH excluding ortho intramolecular Hbond substituents is 1. The van der Waals surface area contributed by atoms with Crippen molar-refractivity contribution in [2.45, 2.75) is 12.6 Å². The van der Waals surface area contributed by atoms with Crippen LogP contribution in [0.25, 0.3) is 0 Å². The van der Waals surface area contributed by atoms with E-state index in [-0.39, 0.29) is 11.3 Å². The molecule has 6 heteroatoms. The molecular formula is C15H12F3NO2. The van der Waals surface area contributed by atoms with Crippen molar-refractivity contribution in [3.63, 3.8) is 0 Å². The Morgan fingerprint density at radius 3 is 2.48 bits per heavy atom. The minimum absolute atomic E-state index is 0.0384. The van der Waals surface area contributed by atoms with E-state index in [1.165, 1.54) is 42.5 Å². The van der Waals surface area contributed by atoms with Crippen molar-refractivity contribution in [1.29, 1.82) is 0 Å². The molecule has 0 unspecified atom stereocenters. The Hall–Kier alpha value is -2.50. The summed E-state index contributed by atoms with van der Waals surface area (Å²) in [4.78, 5) is 11.8. The molecule has 0 fully saturated rings. The van der Waals surface area contributed by atoms with Crippen molar-refractivity contribution in [3.05, 3.63) is 59.7 Å². The molecule has 2 aromatic carbocycles. The van der Waals surface area contributed by atoms with Gasteiger partial charge in [-0.2, -0.15) is 13.2 Å². The van der Waals surface area contributed by atoms with Crippen molar-refractivity contribution in [2.75, 3.05) is 5.32 Å². The highest BCUT2D eigenvalue weighted by molar-refractivity contribution is 5.92. The summed E-state index contributed by atoms with van der Waals surface area (Å²) in [6.07, 6.45) is -4.90. The second-order valence-electron chi connectivity index (χ2n) is 4.43. The van der Waals surface area contributed by atoms with Gasteiger partial charge in [-0.25, -0.2) is 0 Å². The zero-order chi connectivity index (χ0) is 15.5. The van der Waals surface area contributed by atoms with E-state index in [2.05, 4.69) is 5.32 Å². The number of carbonyl (C=O) groups excluding carboxylic acids is 1. The van der Waals surface area contributed by atoms with E-state index in [9.17, 15) is 23.1 Å². The Morgan fingerprint density at radius 2 is 1.81 bits per heavy atom. The molecule has 0 spiro atoms. The lowest BCUT2D eigenvalue weighted by atomic mass is 10.0. The third-order valence-electron chi connectivity index (χ3n) is 2.80. The van der Waals surface area contributed by atoms with Crippen molar-refractivity contribution in [1.82, 2.24) is 0 Å². The van der Waals surface area contributed by atoms with Gasteiger partial charge in [0.25, 0.3) is 0 Å². The van der Waals surface area contributed by atoms with Crippen LogP contribution in [0.2, 0.25) is 0 Å². The maximum absolute atomic E-state index is 12.8. The molecule has 0 aliphatic carbocycles. The van der Waals surface area contributed by atoms with Crippen LogP contribution in [0.15, 0.2) is 48.5 Å². The first kappa shape index (κ1) is 14.9. The Balaban J connectivity index is 2.14. The fourth-order valence-corrected chi connectivity index (χ4v) is 1.91. The number of nitrogens with one attached hydrogen (secondary N) is 1. The summed E-state index contributed by atoms with van der Waals surface area (Å²) in [6, 6.07) is 10.7. The van der Waals surface area contributed by atoms with Crippen LogP contribution in [0.1, 0.15) is 11.1 Å². The molecule has 0 saturated heterocycles. The topological polar surface area (TPSA) is 49.3 Å². The number of carbonyl (C=O) groups is 1. The van der Waals surface area contributed by atoms with E-state index >= 15 is 0 Å². The lowest BCUT2D eigenvalue weighted by molar-refractivity contribution is -0.138. The second-order valence-corrected chi connectivity index (χ2v) is 4.43. The van der Waals surface area contributed by atoms with Gasteiger partial charge < -0.3 is 10.4 Å². The van der Waals surface area contributed by atoms with E-state index in [1.54, 1.807) is 0 Å². The van der Waals surface area contributed by atoms with Crippen molar-refractivity contribution in [3.8, 4) is 5.75 Å². The number of amides is 1. The van der Waals surface area contributed by atoms with Gasteiger partial charge in [0.05, 0.1) is 12.0 Å². The minimum Gasteiger partial charge on any atom is -0.508 e. The van der Waals surface area contributed by atoms with Gasteiger partial charge in [-0.1, -0.05) is 24.3 Å². The van der Waals surface area contributed by atoms with Crippen LogP contribution in [0.4, 0.5) is 18.9 Å². The summed E-state index contributed by atoms with van der Waals surface area (Å²) in [7, 11) is 0. The Kier molecular flexibility index (Phi) is 4.16. The maximum Gasteiger partial charge on any atom is 0.416 e. The fraction of sp³-hybridized carbons (Fsp3) is 0.133. The number of aromatic hydroxyl groups is 1. The third kappa shape index (κ3) is 3.98. The summed E-state index contributed by atoms with van der Waals surface area (Å²) in [6.45, 7) is 0. The number of alkyl halides is 3. The quantitative estimate of drug-likeness (QED) is 0.909. The molecule has 2 rings (SSSR count). The van der Waals surface area contributed by atoms with Crippen molar-refractivity contribution in [2.24, 2.45) is 0 Å². The van der Waals surface area contributed by atoms with E-state index < -0.39 is 24.1 Å². The zero-order valence-corrected chi connectivity index (χ0v) is 10.8. The highest BCUT2D eigenvalue weighted by Crippen LogP contribution is 2.32. The van der Waals surface area contributed by atoms with Crippen LogP contribution in [0.5, 0.6) is 5.75 Å². The average Bonchev–Trinajstić information content (AvgIpc) is 2.37. The van der Waals surface area contributed by atoms with Crippen LogP contribution >= 0.6 is 0 Å². The van der Waals surface area contributed by atoms with Gasteiger partial charge >= 0.3 is 6.18 Å². The monoisotopic (exact) mass is 295 g/mol. The predicted molar refractivity (Wildman–Crippen MR) is 71.9 cm³/mol. The second kappa shape index (κ2) is 5.87. The molecule has 21 heavy (non-hydrogen) atoms. The van der Waals surface area contributed by atoms with E-state index in [0.717, 1.165) is 6.07 Å². The van der Waals surface area contributed by atoms with E-state index in [1.807, 2.05) is 0 Å². The standard InChI is InChI=1S/C15H12F3NO2/c16-15(17,18)13-7-2-1-4-10(13)8-14(21)19-11-5-3-6-12(20)9-11/h1-7,9,20H,8H2,(H,19,21). The van der Waals surface area contributed by atoms with E-state index in [4.69, 9.17) is 0 Å². The van der Waals surface area contributed by atoms with Gasteiger partial charge in [0.2, 0.25) is 5.91 Å². The summed E-state index contributed by atoms with van der Waals surface area (Å²) >= 11 is 0. The Morgan fingerprint density at radius 1 is 1.10 bits per heavy atom. The highest BCUT2D eigenvalue weighted by atomic mass is 19.4. The molecule has 0 heterocycles. The first-order chi connectivity index (χ1) is 9.86. The van der Waals surface area contributed by atoms with E-state index in [0.29, 0.717) is 5.69 Å². The lowest BCUT2D eigenvalue weighted by Gasteiger charge is -2.12. The Labute approximate surface area is 119 Å². The summed E-state index contributed by atoms with van der Waals surface area (Å²) in [5.41, 5.74) is -0.594. The normalized spacial score (nSPS) is 11.2. The first-order valence-electron chi connectivity index (χ1n) is 6.10. The average molecular weight is 295 g/mol. The van der Waals surface area contributed by atoms with Crippen LogP contribution in [-0.2, 0) is 17.4 Å². The maximum atomic E-state index is 12.8. The SMILES string of the molecule is O=C(Cc1ccccc1C(F)(F)F)Nc1cccc(O)c1. The smallest absolute Gasteiger partial charge is 0.416 e. The molecule has 3 nitrogen and oxygen atoms in total. The van der Waals surface area contributed by atoms with Crippen LogP contribution < -0.4 is 5.32 Å². The molecule has 0 atom stereocenters. The number of phenols is 1. The highest BCUT2D eigenvalue weighted by Gasteiger charge is 2.33. The van der Waals surface area contributed by atoms with Crippen LogP contribution in [-0.4, -0.2) is 11.0 Å². The van der Waals surface area contributed by atoms with Crippen LogP contribution in [0.3, 0.4) is 0 Å². The largest absolute Gasteiger partial charge is 0.508 e. The molecular weight excluding hydrogens is 283 g/mol. The molecule has 0 aliphatic heterocycles. The minimum atomic E-state index is -4.50. The fourth-order valence-electron chi connectivity index (χ4n) is 1.91. The third-order valence-corrected chi connectivity index (χ3v) is 2.80. The molecule has 2 aromatic rings. The predicted octanol–water partition coefficient (Wildman–Crippen LogP) is 3.59.